The molecule has 1 rings (SSSR count). The Hall–Kier alpha value is -1.84. The molecule has 1 aromatic rings. The lowest BCUT2D eigenvalue weighted by Gasteiger charge is -2.26. The van der Waals surface area contributed by atoms with Gasteiger partial charge in [0.25, 0.3) is 5.69 Å². The number of halogens is 3. The van der Waals surface area contributed by atoms with Crippen LogP contribution in [0.5, 0.6) is 5.75 Å². The number of non-ortho nitro benzene ring substituents is 1. The molecular weight excluding hydrogens is 413 g/mol. The molecule has 144 valence electrons. The summed E-state index contributed by atoms with van der Waals surface area (Å²) in [5, 5.41) is 24.3. The van der Waals surface area contributed by atoms with Gasteiger partial charge in [-0.2, -0.15) is 0 Å². The first-order valence-electron chi connectivity index (χ1n) is 7.51. The minimum atomic E-state index is -2.13. The number of nitrogens with one attached hydrogen (secondary N) is 1. The van der Waals surface area contributed by atoms with E-state index in [-0.39, 0.29) is 12.2 Å². The van der Waals surface area contributed by atoms with Gasteiger partial charge in [-0.25, -0.2) is 0 Å². The first-order chi connectivity index (χ1) is 12.1. The minimum Gasteiger partial charge on any atom is -0.459 e. The second-order valence-corrected chi connectivity index (χ2v) is 7.60. The minimum absolute atomic E-state index is 0.163. The van der Waals surface area contributed by atoms with Crippen molar-refractivity contribution in [2.45, 2.75) is 42.6 Å². The van der Waals surface area contributed by atoms with E-state index in [0.29, 0.717) is 12.5 Å². The molecule has 1 aromatic carbocycles. The van der Waals surface area contributed by atoms with Gasteiger partial charge in [-0.1, -0.05) is 54.6 Å². The molecular formula is C14H16Cl3N3O6. The summed E-state index contributed by atoms with van der Waals surface area (Å²) in [4.78, 5) is 32.2. The van der Waals surface area contributed by atoms with Gasteiger partial charge in [0.2, 0.25) is 15.9 Å². The van der Waals surface area contributed by atoms with Crippen molar-refractivity contribution in [2.75, 3.05) is 0 Å². The summed E-state index contributed by atoms with van der Waals surface area (Å²) in [6.45, 7) is 1.97. The molecule has 1 atom stereocenters. The maximum Gasteiger partial charge on any atom is 0.317 e. The molecule has 0 aliphatic carbocycles. The van der Waals surface area contributed by atoms with E-state index in [1.54, 1.807) is 0 Å². The average Bonchev–Trinajstić information content (AvgIpc) is 2.53. The summed E-state index contributed by atoms with van der Waals surface area (Å²) in [7, 11) is 0. The van der Waals surface area contributed by atoms with Crippen molar-refractivity contribution in [1.82, 2.24) is 5.32 Å². The van der Waals surface area contributed by atoms with E-state index in [9.17, 15) is 25.0 Å². The fourth-order valence-electron chi connectivity index (χ4n) is 1.92. The lowest BCUT2D eigenvalue weighted by molar-refractivity contribution is -0.394. The van der Waals surface area contributed by atoms with Crippen LogP contribution in [-0.2, 0) is 4.79 Å². The Balaban J connectivity index is 3.03. The fraction of sp³-hybridized carbons (Fsp3) is 0.500. The normalized spacial score (nSPS) is 12.3. The Labute approximate surface area is 163 Å². The van der Waals surface area contributed by atoms with Crippen molar-refractivity contribution in [2.24, 2.45) is 0 Å². The number of nitro groups is 2. The van der Waals surface area contributed by atoms with E-state index in [2.05, 4.69) is 5.32 Å². The first kappa shape index (κ1) is 22.2. The predicted molar refractivity (Wildman–Crippen MR) is 96.7 cm³/mol. The molecule has 0 bridgehead atoms. The van der Waals surface area contributed by atoms with Crippen LogP contribution in [-0.4, -0.2) is 25.8 Å². The molecule has 0 heterocycles. The zero-order valence-corrected chi connectivity index (χ0v) is 15.9. The number of ether oxygens (including phenoxy) is 1. The van der Waals surface area contributed by atoms with E-state index in [1.807, 2.05) is 6.92 Å². The van der Waals surface area contributed by atoms with Gasteiger partial charge >= 0.3 is 5.69 Å². The summed E-state index contributed by atoms with van der Waals surface area (Å²) in [6.07, 6.45) is 0.998. The number of alkyl halides is 3. The van der Waals surface area contributed by atoms with Crippen LogP contribution in [0, 0.1) is 20.2 Å². The van der Waals surface area contributed by atoms with Crippen molar-refractivity contribution >= 4 is 52.1 Å². The van der Waals surface area contributed by atoms with Crippen LogP contribution in [0.4, 0.5) is 11.4 Å². The molecule has 0 fully saturated rings. The topological polar surface area (TPSA) is 125 Å². The van der Waals surface area contributed by atoms with Crippen molar-refractivity contribution in [1.29, 1.82) is 0 Å². The highest BCUT2D eigenvalue weighted by atomic mass is 35.6. The van der Waals surface area contributed by atoms with Gasteiger partial charge in [-0.3, -0.25) is 25.0 Å². The highest BCUT2D eigenvalue weighted by Crippen LogP contribution is 2.36. The molecule has 0 radical (unpaired) electrons. The summed E-state index contributed by atoms with van der Waals surface area (Å²) >= 11 is 17.3. The van der Waals surface area contributed by atoms with E-state index in [4.69, 9.17) is 39.5 Å². The zero-order valence-electron chi connectivity index (χ0n) is 13.6. The molecule has 0 aliphatic rings. The number of unbranched alkanes of at least 4 members (excludes halogenated alkanes) is 2. The smallest absolute Gasteiger partial charge is 0.317 e. The Kier molecular flexibility index (Phi) is 8.32. The van der Waals surface area contributed by atoms with E-state index < -0.39 is 37.1 Å². The van der Waals surface area contributed by atoms with Crippen molar-refractivity contribution in [3.63, 3.8) is 0 Å². The summed E-state index contributed by atoms with van der Waals surface area (Å²) in [6, 6.07) is 2.72. The number of hydrogen-bond donors (Lipinski definition) is 1. The number of carbonyl (C=O) groups is 1. The zero-order chi connectivity index (χ0) is 19.9. The van der Waals surface area contributed by atoms with Gasteiger partial charge in [0.15, 0.2) is 5.75 Å². The number of carbonyl (C=O) groups excluding carboxylic acids is 1. The molecule has 0 aliphatic heterocycles. The Morgan fingerprint density at radius 1 is 1.23 bits per heavy atom. The maximum atomic E-state index is 11.9. The number of nitro benzene ring substituents is 2. The molecule has 12 heteroatoms. The summed E-state index contributed by atoms with van der Waals surface area (Å²) < 4.78 is 3.16. The first-order valence-corrected chi connectivity index (χ1v) is 8.65. The quantitative estimate of drug-likeness (QED) is 0.206. The highest BCUT2D eigenvalue weighted by molar-refractivity contribution is 6.68. The van der Waals surface area contributed by atoms with Crippen molar-refractivity contribution < 1.29 is 19.4 Å². The van der Waals surface area contributed by atoms with Crippen molar-refractivity contribution in [3.05, 3.63) is 38.4 Å². The van der Waals surface area contributed by atoms with Gasteiger partial charge in [0, 0.05) is 12.5 Å². The van der Waals surface area contributed by atoms with Crippen LogP contribution < -0.4 is 10.1 Å². The molecule has 0 saturated carbocycles. The SMILES string of the molecule is CCCCCC(=O)N[C@@H](Oc1ccc([N+](=O)[O-])cc1[N+](=O)[O-])C(Cl)(Cl)Cl. The standard InChI is InChI=1S/C14H16Cl3N3O6/c1-2-3-4-5-12(21)18-13(14(15,16)17)26-11-7-6-9(19(22)23)8-10(11)20(24)25/h6-8,13H,2-5H2,1H3,(H,18,21)/t13-/m0/s1. The van der Waals surface area contributed by atoms with E-state index in [0.717, 1.165) is 25.0 Å². The van der Waals surface area contributed by atoms with E-state index in [1.165, 1.54) is 0 Å². The molecule has 0 saturated heterocycles. The second-order valence-electron chi connectivity index (χ2n) is 5.23. The lowest BCUT2D eigenvalue weighted by Crippen LogP contribution is -2.47. The monoisotopic (exact) mass is 427 g/mol. The van der Waals surface area contributed by atoms with Crippen LogP contribution >= 0.6 is 34.8 Å². The van der Waals surface area contributed by atoms with E-state index >= 15 is 0 Å². The highest BCUT2D eigenvalue weighted by Gasteiger charge is 2.37. The Bertz CT molecular complexity index is 680. The molecule has 1 amide bonds. The largest absolute Gasteiger partial charge is 0.459 e. The van der Waals surface area contributed by atoms with Crippen molar-refractivity contribution in [3.8, 4) is 5.75 Å². The number of nitrogens with zero attached hydrogens (tertiary/aromatic N) is 2. The van der Waals surface area contributed by atoms with Crippen LogP contribution in [0.2, 0.25) is 0 Å². The van der Waals surface area contributed by atoms with Crippen LogP contribution in [0.15, 0.2) is 18.2 Å². The van der Waals surface area contributed by atoms with Crippen LogP contribution in [0.25, 0.3) is 0 Å². The number of amides is 1. The molecule has 9 nitrogen and oxygen atoms in total. The molecule has 26 heavy (non-hydrogen) atoms. The third kappa shape index (κ3) is 6.81. The molecule has 1 N–H and O–H groups in total. The predicted octanol–water partition coefficient (Wildman–Crippen LogP) is 4.27. The van der Waals surface area contributed by atoms with Gasteiger partial charge < -0.3 is 10.1 Å². The number of hydrogen-bond acceptors (Lipinski definition) is 6. The molecule has 0 unspecified atom stereocenters. The third-order valence-corrected chi connectivity index (χ3v) is 3.79. The second kappa shape index (κ2) is 9.75. The maximum absolute atomic E-state index is 11.9. The third-order valence-electron chi connectivity index (χ3n) is 3.19. The van der Waals surface area contributed by atoms with Crippen LogP contribution in [0.3, 0.4) is 0 Å². The summed E-state index contributed by atoms with van der Waals surface area (Å²) in [5.41, 5.74) is -1.20. The van der Waals surface area contributed by atoms with Gasteiger partial charge in [-0.15, -0.1) is 0 Å². The average molecular weight is 429 g/mol. The van der Waals surface area contributed by atoms with Gasteiger partial charge in [-0.05, 0) is 12.5 Å². The van der Waals surface area contributed by atoms with Gasteiger partial charge in [0.05, 0.1) is 15.9 Å². The lowest BCUT2D eigenvalue weighted by atomic mass is 10.2. The summed E-state index contributed by atoms with van der Waals surface area (Å²) in [5.74, 6) is -0.842. The van der Waals surface area contributed by atoms with Crippen LogP contribution in [0.1, 0.15) is 32.6 Å². The fourth-order valence-corrected chi connectivity index (χ4v) is 2.22. The Morgan fingerprint density at radius 2 is 1.88 bits per heavy atom. The van der Waals surface area contributed by atoms with Gasteiger partial charge in [0.1, 0.15) is 0 Å². The molecule has 0 aromatic heterocycles. The Morgan fingerprint density at radius 3 is 2.38 bits per heavy atom. The molecule has 0 spiro atoms. The number of benzene rings is 1. The number of rotatable bonds is 9.